The first-order valence-corrected chi connectivity index (χ1v) is 8.56. The number of esters is 1. The van der Waals surface area contributed by atoms with Crippen molar-refractivity contribution in [3.63, 3.8) is 0 Å². The van der Waals surface area contributed by atoms with Crippen LogP contribution >= 0.6 is 0 Å². The predicted octanol–water partition coefficient (Wildman–Crippen LogP) is 3.75. The Morgan fingerprint density at radius 3 is 2.28 bits per heavy atom. The normalized spacial score (nSPS) is 14.4. The van der Waals surface area contributed by atoms with Crippen LogP contribution < -0.4 is 10.6 Å². The van der Waals surface area contributed by atoms with E-state index in [1.54, 1.807) is 6.92 Å². The first kappa shape index (κ1) is 17.0. The second kappa shape index (κ2) is 7.83. The molecule has 0 radical (unpaired) electrons. The fraction of sp³-hybridized carbons (Fsp3) is 0.300. The lowest BCUT2D eigenvalue weighted by atomic mass is 10.1. The van der Waals surface area contributed by atoms with E-state index in [0.29, 0.717) is 6.61 Å². The third-order valence-corrected chi connectivity index (χ3v) is 4.07. The monoisotopic (exact) mass is 338 g/mol. The third kappa shape index (κ3) is 4.59. The summed E-state index contributed by atoms with van der Waals surface area (Å²) in [7, 11) is 0. The van der Waals surface area contributed by atoms with Crippen LogP contribution in [0.15, 0.2) is 54.6 Å². The van der Waals surface area contributed by atoms with Crippen LogP contribution in [0.3, 0.4) is 0 Å². The summed E-state index contributed by atoms with van der Waals surface area (Å²) in [5, 5.41) is 6.11. The van der Waals surface area contributed by atoms with E-state index >= 15 is 0 Å². The zero-order valence-corrected chi connectivity index (χ0v) is 14.2. The summed E-state index contributed by atoms with van der Waals surface area (Å²) in [6.45, 7) is 2.12. The van der Waals surface area contributed by atoms with Crippen LogP contribution in [0.5, 0.6) is 0 Å². The number of carbonyl (C=O) groups excluding carboxylic acids is 2. The molecule has 1 atom stereocenters. The maximum atomic E-state index is 12.3. The molecule has 5 heteroatoms. The number of carbonyl (C=O) groups is 2. The Kier molecular flexibility index (Phi) is 5.33. The first-order chi connectivity index (χ1) is 12.2. The lowest BCUT2D eigenvalue weighted by molar-refractivity contribution is -0.144. The fourth-order valence-corrected chi connectivity index (χ4v) is 2.56. The maximum Gasteiger partial charge on any atom is 0.333 e. The van der Waals surface area contributed by atoms with Crippen LogP contribution in [-0.4, -0.2) is 18.5 Å². The number of amides is 1. The molecule has 3 rings (SSSR count). The summed E-state index contributed by atoms with van der Waals surface area (Å²) in [5.74, 6) is -0.0710. The van der Waals surface area contributed by atoms with E-state index < -0.39 is 6.04 Å². The highest BCUT2D eigenvalue weighted by atomic mass is 16.5. The number of rotatable bonds is 7. The van der Waals surface area contributed by atoms with E-state index in [0.717, 1.165) is 29.8 Å². The topological polar surface area (TPSA) is 67.4 Å². The van der Waals surface area contributed by atoms with E-state index in [2.05, 4.69) is 10.6 Å². The van der Waals surface area contributed by atoms with Crippen molar-refractivity contribution in [1.82, 2.24) is 0 Å². The molecule has 0 aromatic heterocycles. The number of ether oxygens (including phenoxy) is 1. The molecule has 0 saturated heterocycles. The van der Waals surface area contributed by atoms with Crippen molar-refractivity contribution in [1.29, 1.82) is 0 Å². The highest BCUT2D eigenvalue weighted by molar-refractivity contribution is 5.94. The SMILES string of the molecule is CCOC(=O)C(Nc1ccc(NC(=O)C2CC2)cc1)c1ccccc1. The van der Waals surface area contributed by atoms with Gasteiger partial charge in [-0.25, -0.2) is 4.79 Å². The van der Waals surface area contributed by atoms with Crippen LogP contribution in [0.1, 0.15) is 31.4 Å². The predicted molar refractivity (Wildman–Crippen MR) is 97.2 cm³/mol. The van der Waals surface area contributed by atoms with Crippen LogP contribution in [0.25, 0.3) is 0 Å². The minimum Gasteiger partial charge on any atom is -0.464 e. The molecule has 1 unspecified atom stereocenters. The van der Waals surface area contributed by atoms with Gasteiger partial charge in [-0.2, -0.15) is 0 Å². The molecule has 0 spiro atoms. The smallest absolute Gasteiger partial charge is 0.333 e. The average molecular weight is 338 g/mol. The second-order valence-corrected chi connectivity index (χ2v) is 6.08. The molecule has 1 saturated carbocycles. The molecule has 1 aliphatic rings. The molecule has 1 amide bonds. The summed E-state index contributed by atoms with van der Waals surface area (Å²) in [5.41, 5.74) is 2.38. The molecule has 0 aliphatic heterocycles. The van der Waals surface area contributed by atoms with Gasteiger partial charge in [0, 0.05) is 17.3 Å². The van der Waals surface area contributed by atoms with E-state index in [9.17, 15) is 9.59 Å². The molecule has 25 heavy (non-hydrogen) atoms. The summed E-state index contributed by atoms with van der Waals surface area (Å²) in [6, 6.07) is 16.2. The first-order valence-electron chi connectivity index (χ1n) is 8.56. The Morgan fingerprint density at radius 2 is 1.68 bits per heavy atom. The van der Waals surface area contributed by atoms with E-state index in [1.165, 1.54) is 0 Å². The van der Waals surface area contributed by atoms with Crippen molar-refractivity contribution in [2.75, 3.05) is 17.2 Å². The number of hydrogen-bond acceptors (Lipinski definition) is 4. The van der Waals surface area contributed by atoms with Gasteiger partial charge in [0.2, 0.25) is 5.91 Å². The molecule has 2 aromatic rings. The van der Waals surface area contributed by atoms with Crippen LogP contribution in [0.4, 0.5) is 11.4 Å². The van der Waals surface area contributed by atoms with Crippen molar-refractivity contribution in [2.24, 2.45) is 5.92 Å². The molecule has 5 nitrogen and oxygen atoms in total. The van der Waals surface area contributed by atoms with Gasteiger partial charge in [0.05, 0.1) is 6.61 Å². The van der Waals surface area contributed by atoms with Gasteiger partial charge in [-0.05, 0) is 49.6 Å². The number of benzene rings is 2. The maximum absolute atomic E-state index is 12.3. The van der Waals surface area contributed by atoms with E-state index in [1.807, 2.05) is 54.6 Å². The van der Waals surface area contributed by atoms with Crippen LogP contribution in [0.2, 0.25) is 0 Å². The second-order valence-electron chi connectivity index (χ2n) is 6.08. The molecule has 1 aliphatic carbocycles. The molecule has 130 valence electrons. The number of hydrogen-bond donors (Lipinski definition) is 2. The van der Waals surface area contributed by atoms with Crippen molar-refractivity contribution in [3.8, 4) is 0 Å². The molecular weight excluding hydrogens is 316 g/mol. The zero-order chi connectivity index (χ0) is 17.6. The van der Waals surface area contributed by atoms with Crippen molar-refractivity contribution in [2.45, 2.75) is 25.8 Å². The zero-order valence-electron chi connectivity index (χ0n) is 14.2. The minimum atomic E-state index is -0.576. The van der Waals surface area contributed by atoms with Crippen molar-refractivity contribution in [3.05, 3.63) is 60.2 Å². The Bertz CT molecular complexity index is 724. The van der Waals surface area contributed by atoms with Crippen LogP contribution in [-0.2, 0) is 14.3 Å². The van der Waals surface area contributed by atoms with Gasteiger partial charge in [-0.15, -0.1) is 0 Å². The number of anilines is 2. The molecule has 0 heterocycles. The fourth-order valence-electron chi connectivity index (χ4n) is 2.56. The molecule has 1 fully saturated rings. The van der Waals surface area contributed by atoms with Gasteiger partial charge in [0.1, 0.15) is 0 Å². The van der Waals surface area contributed by atoms with E-state index in [4.69, 9.17) is 4.74 Å². The molecular formula is C20H22N2O3. The molecule has 0 bridgehead atoms. The lowest BCUT2D eigenvalue weighted by Crippen LogP contribution is -2.23. The van der Waals surface area contributed by atoms with Gasteiger partial charge in [-0.3, -0.25) is 4.79 Å². The van der Waals surface area contributed by atoms with E-state index in [-0.39, 0.29) is 17.8 Å². The van der Waals surface area contributed by atoms with Gasteiger partial charge < -0.3 is 15.4 Å². The van der Waals surface area contributed by atoms with Gasteiger partial charge in [0.15, 0.2) is 6.04 Å². The molecule has 2 aromatic carbocycles. The van der Waals surface area contributed by atoms with Crippen LogP contribution in [0, 0.1) is 5.92 Å². The summed E-state index contributed by atoms with van der Waals surface area (Å²) < 4.78 is 5.18. The largest absolute Gasteiger partial charge is 0.464 e. The van der Waals surface area contributed by atoms with Crippen molar-refractivity contribution >= 4 is 23.3 Å². The van der Waals surface area contributed by atoms with Gasteiger partial charge in [-0.1, -0.05) is 30.3 Å². The molecule has 2 N–H and O–H groups in total. The summed E-state index contributed by atoms with van der Waals surface area (Å²) in [4.78, 5) is 24.1. The van der Waals surface area contributed by atoms with Gasteiger partial charge >= 0.3 is 5.97 Å². The summed E-state index contributed by atoms with van der Waals surface area (Å²) >= 11 is 0. The Balaban J connectivity index is 1.70. The Labute approximate surface area is 147 Å². The van der Waals surface area contributed by atoms with Gasteiger partial charge in [0.25, 0.3) is 0 Å². The Morgan fingerprint density at radius 1 is 1.04 bits per heavy atom. The van der Waals surface area contributed by atoms with Crippen molar-refractivity contribution < 1.29 is 14.3 Å². The standard InChI is InChI=1S/C20H22N2O3/c1-2-25-20(24)18(14-6-4-3-5-7-14)21-16-10-12-17(13-11-16)22-19(23)15-8-9-15/h3-7,10-13,15,18,21H,2,8-9H2,1H3,(H,22,23). The minimum absolute atomic E-state index is 0.0781. The highest BCUT2D eigenvalue weighted by Gasteiger charge is 2.29. The average Bonchev–Trinajstić information content (AvgIpc) is 3.47. The lowest BCUT2D eigenvalue weighted by Gasteiger charge is -2.19. The Hall–Kier alpha value is -2.82. The third-order valence-electron chi connectivity index (χ3n) is 4.07. The number of nitrogens with one attached hydrogen (secondary N) is 2. The highest BCUT2D eigenvalue weighted by Crippen LogP contribution is 2.30. The summed E-state index contributed by atoms with van der Waals surface area (Å²) in [6.07, 6.45) is 1.95. The quantitative estimate of drug-likeness (QED) is 0.755.